The molecule has 3 atom stereocenters. The van der Waals surface area contributed by atoms with Crippen molar-refractivity contribution >= 4 is 17.7 Å². The standard InChI is InChI=1S/C28H39N9/c1-5-22(15-29)28-27(35-25(20-36(28)4)24(16-30)18-31-3)23-7-8-26(34-19-23)37(14-12-32-6-2)13-10-21-9-11-33-17-21/h5-8,16,18-22,28,32-33H,1-2,9-14,17,30H2,3-4H3. The Morgan fingerprint density at radius 2 is 2.27 bits per heavy atom. The van der Waals surface area contributed by atoms with E-state index in [2.05, 4.69) is 39.8 Å². The van der Waals surface area contributed by atoms with Crippen LogP contribution in [0.15, 0.2) is 77.4 Å². The molecule has 3 unspecified atom stereocenters. The molecule has 37 heavy (non-hydrogen) atoms. The molecule has 1 aromatic heterocycles. The molecule has 1 saturated heterocycles. The molecule has 1 fully saturated rings. The van der Waals surface area contributed by atoms with E-state index in [0.29, 0.717) is 17.2 Å². The lowest BCUT2D eigenvalue weighted by atomic mass is 9.90. The van der Waals surface area contributed by atoms with Gasteiger partial charge >= 0.3 is 0 Å². The SMILES string of the molecule is C=CNCCN(CCC1CCNC1)c1ccc(C2=NC(C(C=NC)=CN)=CN(C)C2C(C#N)C=C)cn1. The van der Waals surface area contributed by atoms with Crippen molar-refractivity contribution in [1.29, 1.82) is 5.26 Å². The second-order valence-electron chi connectivity index (χ2n) is 9.22. The lowest BCUT2D eigenvalue weighted by Gasteiger charge is -2.34. The summed E-state index contributed by atoms with van der Waals surface area (Å²) in [5.41, 5.74) is 8.82. The minimum atomic E-state index is -0.451. The maximum Gasteiger partial charge on any atom is 0.128 e. The first-order valence-electron chi connectivity index (χ1n) is 12.7. The quantitative estimate of drug-likeness (QED) is 0.216. The van der Waals surface area contributed by atoms with E-state index in [1.165, 1.54) is 12.6 Å². The van der Waals surface area contributed by atoms with Crippen LogP contribution in [0.4, 0.5) is 5.82 Å². The fraction of sp³-hybridized carbons (Fsp3) is 0.429. The number of likely N-dealkylation sites (N-methyl/N-ethyl adjacent to an activating group) is 1. The number of nitriles is 1. The van der Waals surface area contributed by atoms with E-state index in [1.807, 2.05) is 36.5 Å². The molecule has 0 spiro atoms. The Morgan fingerprint density at radius 3 is 2.86 bits per heavy atom. The molecule has 0 bridgehead atoms. The number of hydrogen-bond acceptors (Lipinski definition) is 9. The van der Waals surface area contributed by atoms with Gasteiger partial charge in [-0.2, -0.15) is 5.26 Å². The predicted octanol–water partition coefficient (Wildman–Crippen LogP) is 2.43. The van der Waals surface area contributed by atoms with Crippen LogP contribution in [0.3, 0.4) is 0 Å². The molecule has 1 aromatic rings. The van der Waals surface area contributed by atoms with Crippen LogP contribution >= 0.6 is 0 Å². The lowest BCUT2D eigenvalue weighted by molar-refractivity contribution is 0.363. The summed E-state index contributed by atoms with van der Waals surface area (Å²) >= 11 is 0. The van der Waals surface area contributed by atoms with Crippen LogP contribution in [0.5, 0.6) is 0 Å². The molecule has 2 aliphatic rings. The Hall–Kier alpha value is -3.90. The summed E-state index contributed by atoms with van der Waals surface area (Å²) in [4.78, 5) is 18.2. The molecule has 196 valence electrons. The summed E-state index contributed by atoms with van der Waals surface area (Å²) in [7, 11) is 3.62. The van der Waals surface area contributed by atoms with Crippen LogP contribution in [0.1, 0.15) is 18.4 Å². The first-order chi connectivity index (χ1) is 18.1. The van der Waals surface area contributed by atoms with E-state index < -0.39 is 5.92 Å². The van der Waals surface area contributed by atoms with Crippen LogP contribution in [0.2, 0.25) is 0 Å². The van der Waals surface area contributed by atoms with Gasteiger partial charge < -0.3 is 26.2 Å². The summed E-state index contributed by atoms with van der Waals surface area (Å²) in [5.74, 6) is 1.16. The van der Waals surface area contributed by atoms with Gasteiger partial charge in [-0.05, 0) is 50.2 Å². The molecular formula is C28H39N9. The summed E-state index contributed by atoms with van der Waals surface area (Å²) in [6.07, 6.45) is 12.6. The number of anilines is 1. The maximum atomic E-state index is 9.82. The molecule has 0 saturated carbocycles. The molecular weight excluding hydrogens is 462 g/mol. The van der Waals surface area contributed by atoms with Gasteiger partial charge in [0.25, 0.3) is 0 Å². The number of aromatic nitrogens is 1. The highest BCUT2D eigenvalue weighted by atomic mass is 15.2. The minimum absolute atomic E-state index is 0.306. The van der Waals surface area contributed by atoms with Gasteiger partial charge in [-0.25, -0.2) is 9.98 Å². The minimum Gasteiger partial charge on any atom is -0.404 e. The molecule has 0 aliphatic carbocycles. The smallest absolute Gasteiger partial charge is 0.128 e. The highest BCUT2D eigenvalue weighted by Gasteiger charge is 2.32. The second-order valence-corrected chi connectivity index (χ2v) is 9.22. The number of nitrogens with zero attached hydrogens (tertiary/aromatic N) is 6. The molecule has 0 aromatic carbocycles. The van der Waals surface area contributed by atoms with Gasteiger partial charge in [-0.1, -0.05) is 12.7 Å². The highest BCUT2D eigenvalue weighted by Crippen LogP contribution is 2.27. The van der Waals surface area contributed by atoms with E-state index in [0.717, 1.165) is 56.2 Å². The van der Waals surface area contributed by atoms with Crippen molar-refractivity contribution in [2.75, 3.05) is 51.7 Å². The summed E-state index contributed by atoms with van der Waals surface area (Å²) in [6.45, 7) is 12.4. The van der Waals surface area contributed by atoms with E-state index in [4.69, 9.17) is 15.7 Å². The van der Waals surface area contributed by atoms with E-state index in [-0.39, 0.29) is 6.04 Å². The molecule has 3 rings (SSSR count). The van der Waals surface area contributed by atoms with E-state index in [1.54, 1.807) is 25.5 Å². The van der Waals surface area contributed by atoms with Crippen LogP contribution in [0, 0.1) is 23.2 Å². The van der Waals surface area contributed by atoms with Crippen molar-refractivity contribution in [1.82, 2.24) is 20.5 Å². The van der Waals surface area contributed by atoms with Crippen LogP contribution < -0.4 is 21.3 Å². The van der Waals surface area contributed by atoms with Gasteiger partial charge in [0.2, 0.25) is 0 Å². The summed E-state index contributed by atoms with van der Waals surface area (Å²) in [6, 6.07) is 6.12. The molecule has 9 heteroatoms. The number of nitrogens with one attached hydrogen (secondary N) is 2. The monoisotopic (exact) mass is 501 g/mol. The largest absolute Gasteiger partial charge is 0.404 e. The number of allylic oxidation sites excluding steroid dienone is 1. The number of aliphatic imine (C=N–C) groups is 2. The van der Waals surface area contributed by atoms with Crippen LogP contribution in [-0.2, 0) is 0 Å². The van der Waals surface area contributed by atoms with E-state index in [9.17, 15) is 5.26 Å². The summed E-state index contributed by atoms with van der Waals surface area (Å²) < 4.78 is 0. The molecule has 3 heterocycles. The Labute approximate surface area is 220 Å². The van der Waals surface area contributed by atoms with Crippen molar-refractivity contribution < 1.29 is 0 Å². The molecule has 9 nitrogen and oxygen atoms in total. The van der Waals surface area contributed by atoms with Gasteiger partial charge in [0.1, 0.15) is 5.82 Å². The van der Waals surface area contributed by atoms with Gasteiger partial charge in [0, 0.05) is 69.7 Å². The Morgan fingerprint density at radius 1 is 1.43 bits per heavy atom. The zero-order valence-corrected chi connectivity index (χ0v) is 22.0. The molecule has 4 N–H and O–H groups in total. The third kappa shape index (κ3) is 7.08. The van der Waals surface area contributed by atoms with Crippen molar-refractivity contribution in [3.63, 3.8) is 0 Å². The van der Waals surface area contributed by atoms with Gasteiger partial charge in [-0.15, -0.1) is 6.58 Å². The highest BCUT2D eigenvalue weighted by molar-refractivity contribution is 6.07. The lowest BCUT2D eigenvalue weighted by Crippen LogP contribution is -2.43. The molecule has 0 amide bonds. The normalized spacial score (nSPS) is 20.7. The van der Waals surface area contributed by atoms with Crippen molar-refractivity contribution in [3.05, 3.63) is 73.0 Å². The van der Waals surface area contributed by atoms with Gasteiger partial charge in [0.05, 0.1) is 29.4 Å². The number of rotatable bonds is 13. The number of pyridine rings is 1. The van der Waals surface area contributed by atoms with Crippen molar-refractivity contribution in [3.8, 4) is 6.07 Å². The topological polar surface area (TPSA) is 118 Å². The van der Waals surface area contributed by atoms with Gasteiger partial charge in [-0.3, -0.25) is 4.99 Å². The van der Waals surface area contributed by atoms with Crippen LogP contribution in [0.25, 0.3) is 0 Å². The van der Waals surface area contributed by atoms with Gasteiger partial charge in [0.15, 0.2) is 0 Å². The van der Waals surface area contributed by atoms with Crippen molar-refractivity contribution in [2.24, 2.45) is 27.6 Å². The van der Waals surface area contributed by atoms with E-state index >= 15 is 0 Å². The average molecular weight is 502 g/mol. The third-order valence-electron chi connectivity index (χ3n) is 6.78. The summed E-state index contributed by atoms with van der Waals surface area (Å²) in [5, 5.41) is 16.5. The first-order valence-corrected chi connectivity index (χ1v) is 12.7. The Balaban J connectivity index is 1.92. The van der Waals surface area contributed by atoms with Crippen LogP contribution in [-0.4, -0.2) is 74.7 Å². The maximum absolute atomic E-state index is 9.82. The zero-order chi connectivity index (χ0) is 26.6. The second kappa shape index (κ2) is 14.0. The number of hydrogen-bond donors (Lipinski definition) is 3. The number of nitrogens with two attached hydrogens (primary N) is 1. The molecule has 0 radical (unpaired) electrons. The predicted molar refractivity (Wildman–Crippen MR) is 152 cm³/mol. The fourth-order valence-corrected chi connectivity index (χ4v) is 4.74. The Bertz CT molecular complexity index is 1070. The fourth-order valence-electron chi connectivity index (χ4n) is 4.74. The zero-order valence-electron chi connectivity index (χ0n) is 22.0. The Kier molecular flexibility index (Phi) is 10.5. The average Bonchev–Trinajstić information content (AvgIpc) is 3.44. The van der Waals surface area contributed by atoms with Crippen molar-refractivity contribution in [2.45, 2.75) is 18.9 Å². The molecule has 2 aliphatic heterocycles. The third-order valence-corrected chi connectivity index (χ3v) is 6.78. The first kappa shape index (κ1) is 27.7.